The summed E-state index contributed by atoms with van der Waals surface area (Å²) in [6.07, 6.45) is 2.25. The Kier molecular flexibility index (Phi) is 7.66. The molecule has 0 aliphatic heterocycles. The number of unbranched alkanes of at least 4 members (excludes halogenated alkanes) is 1. The third-order valence-electron chi connectivity index (χ3n) is 2.85. The quantitative estimate of drug-likeness (QED) is 0.693. The highest BCUT2D eigenvalue weighted by Crippen LogP contribution is 2.07. The maximum Gasteiger partial charge on any atom is 0.236 e. The fourth-order valence-electron chi connectivity index (χ4n) is 1.57. The maximum absolute atomic E-state index is 11.8. The van der Waals surface area contributed by atoms with E-state index < -0.39 is 0 Å². The van der Waals surface area contributed by atoms with E-state index in [2.05, 4.69) is 12.2 Å². The molecule has 0 unspecified atom stereocenters. The van der Waals surface area contributed by atoms with Crippen LogP contribution < -0.4 is 10.1 Å². The Bertz CT molecular complexity index is 354. The zero-order chi connectivity index (χ0) is 13.9. The van der Waals surface area contributed by atoms with Gasteiger partial charge in [-0.2, -0.15) is 0 Å². The highest BCUT2D eigenvalue weighted by Gasteiger charge is 2.07. The third-order valence-corrected chi connectivity index (χ3v) is 2.85. The van der Waals surface area contributed by atoms with Crippen molar-refractivity contribution in [3.8, 4) is 5.75 Å². The van der Waals surface area contributed by atoms with E-state index in [1.54, 1.807) is 11.9 Å². The summed E-state index contributed by atoms with van der Waals surface area (Å²) in [6, 6.07) is 9.64. The van der Waals surface area contributed by atoms with E-state index in [1.807, 2.05) is 30.3 Å². The number of nitrogens with zero attached hydrogens (tertiary/aromatic N) is 1. The molecule has 4 heteroatoms. The van der Waals surface area contributed by atoms with Crippen LogP contribution in [0.25, 0.3) is 0 Å². The molecule has 0 spiro atoms. The Balaban J connectivity index is 2.12. The predicted molar refractivity (Wildman–Crippen MR) is 77.4 cm³/mol. The molecule has 0 radical (unpaired) electrons. The van der Waals surface area contributed by atoms with Crippen molar-refractivity contribution in [2.24, 2.45) is 0 Å². The van der Waals surface area contributed by atoms with Gasteiger partial charge in [-0.05, 0) is 25.1 Å². The van der Waals surface area contributed by atoms with Crippen LogP contribution in [0.3, 0.4) is 0 Å². The summed E-state index contributed by atoms with van der Waals surface area (Å²) >= 11 is 0. The number of para-hydroxylation sites is 1. The smallest absolute Gasteiger partial charge is 0.236 e. The summed E-state index contributed by atoms with van der Waals surface area (Å²) < 4.78 is 5.56. The maximum atomic E-state index is 11.8. The van der Waals surface area contributed by atoms with Crippen molar-refractivity contribution in [1.29, 1.82) is 0 Å². The monoisotopic (exact) mass is 264 g/mol. The van der Waals surface area contributed by atoms with Crippen molar-refractivity contribution in [2.75, 3.05) is 33.3 Å². The number of likely N-dealkylation sites (N-methyl/N-ethyl adjacent to an activating group) is 1. The molecule has 0 heterocycles. The lowest BCUT2D eigenvalue weighted by Gasteiger charge is -2.17. The van der Waals surface area contributed by atoms with E-state index in [1.165, 1.54) is 0 Å². The molecule has 19 heavy (non-hydrogen) atoms. The van der Waals surface area contributed by atoms with Gasteiger partial charge in [-0.1, -0.05) is 31.5 Å². The molecule has 1 aromatic carbocycles. The summed E-state index contributed by atoms with van der Waals surface area (Å²) in [7, 11) is 1.80. The van der Waals surface area contributed by atoms with E-state index in [-0.39, 0.29) is 5.91 Å². The number of carbonyl (C=O) groups excluding carboxylic acids is 1. The van der Waals surface area contributed by atoms with E-state index in [0.717, 1.165) is 25.1 Å². The Hall–Kier alpha value is -1.55. The summed E-state index contributed by atoms with van der Waals surface area (Å²) in [4.78, 5) is 13.5. The molecule has 0 saturated carbocycles. The van der Waals surface area contributed by atoms with Gasteiger partial charge in [-0.15, -0.1) is 0 Å². The van der Waals surface area contributed by atoms with Gasteiger partial charge in [0.25, 0.3) is 0 Å². The van der Waals surface area contributed by atoms with Crippen molar-refractivity contribution in [1.82, 2.24) is 10.2 Å². The fraction of sp³-hybridized carbons (Fsp3) is 0.533. The summed E-state index contributed by atoms with van der Waals surface area (Å²) in [5.41, 5.74) is 0. The van der Waals surface area contributed by atoms with Gasteiger partial charge in [-0.25, -0.2) is 0 Å². The number of benzene rings is 1. The van der Waals surface area contributed by atoms with Crippen molar-refractivity contribution >= 4 is 5.91 Å². The summed E-state index contributed by atoms with van der Waals surface area (Å²) in [5.74, 6) is 0.942. The summed E-state index contributed by atoms with van der Waals surface area (Å²) in [6.45, 7) is 4.55. The highest BCUT2D eigenvalue weighted by molar-refractivity contribution is 5.77. The van der Waals surface area contributed by atoms with E-state index in [9.17, 15) is 4.79 Å². The minimum Gasteiger partial charge on any atom is -0.492 e. The number of hydrogen-bond acceptors (Lipinski definition) is 3. The molecule has 1 amide bonds. The van der Waals surface area contributed by atoms with Crippen LogP contribution >= 0.6 is 0 Å². The standard InChI is InChI=1S/C15H24N2O2/c1-3-4-10-16-13-15(18)17(2)11-12-19-14-8-6-5-7-9-14/h5-9,16H,3-4,10-13H2,1-2H3. The predicted octanol–water partition coefficient (Wildman–Crippen LogP) is 1.91. The molecule has 0 fully saturated rings. The van der Waals surface area contributed by atoms with E-state index in [0.29, 0.717) is 19.7 Å². The van der Waals surface area contributed by atoms with Crippen LogP contribution in [-0.2, 0) is 4.79 Å². The zero-order valence-electron chi connectivity index (χ0n) is 11.9. The first kappa shape index (κ1) is 15.5. The number of carbonyl (C=O) groups is 1. The first-order valence-electron chi connectivity index (χ1n) is 6.86. The second-order valence-corrected chi connectivity index (χ2v) is 4.51. The molecular weight excluding hydrogens is 240 g/mol. The van der Waals surface area contributed by atoms with Crippen LogP contribution in [0.5, 0.6) is 5.75 Å². The average molecular weight is 264 g/mol. The minimum atomic E-state index is 0.104. The van der Waals surface area contributed by atoms with Gasteiger partial charge in [0, 0.05) is 7.05 Å². The fourth-order valence-corrected chi connectivity index (χ4v) is 1.57. The molecular formula is C15H24N2O2. The third kappa shape index (κ3) is 6.82. The molecule has 1 aromatic rings. The second-order valence-electron chi connectivity index (χ2n) is 4.51. The van der Waals surface area contributed by atoms with Crippen molar-refractivity contribution < 1.29 is 9.53 Å². The number of hydrogen-bond donors (Lipinski definition) is 1. The highest BCUT2D eigenvalue weighted by atomic mass is 16.5. The van der Waals surface area contributed by atoms with E-state index >= 15 is 0 Å². The number of amides is 1. The molecule has 1 N–H and O–H groups in total. The molecule has 0 aliphatic rings. The molecule has 0 aromatic heterocycles. The van der Waals surface area contributed by atoms with Crippen molar-refractivity contribution in [2.45, 2.75) is 19.8 Å². The average Bonchev–Trinajstić information content (AvgIpc) is 2.44. The number of nitrogens with one attached hydrogen (secondary N) is 1. The summed E-state index contributed by atoms with van der Waals surface area (Å²) in [5, 5.41) is 3.14. The molecule has 0 bridgehead atoms. The Labute approximate surface area is 115 Å². The van der Waals surface area contributed by atoms with Crippen LogP contribution in [0.15, 0.2) is 30.3 Å². The Morgan fingerprint density at radius 1 is 1.32 bits per heavy atom. The lowest BCUT2D eigenvalue weighted by molar-refractivity contribution is -0.129. The van der Waals surface area contributed by atoms with Crippen LogP contribution in [0, 0.1) is 0 Å². The van der Waals surface area contributed by atoms with Gasteiger partial charge < -0.3 is 15.0 Å². The Morgan fingerprint density at radius 2 is 2.05 bits per heavy atom. The molecule has 4 nitrogen and oxygen atoms in total. The van der Waals surface area contributed by atoms with Crippen molar-refractivity contribution in [3.63, 3.8) is 0 Å². The number of ether oxygens (including phenoxy) is 1. The van der Waals surface area contributed by atoms with E-state index in [4.69, 9.17) is 4.74 Å². The van der Waals surface area contributed by atoms with Gasteiger partial charge in [0.05, 0.1) is 13.1 Å². The first-order chi connectivity index (χ1) is 9.24. The van der Waals surface area contributed by atoms with Crippen LogP contribution in [-0.4, -0.2) is 44.1 Å². The number of rotatable bonds is 9. The topological polar surface area (TPSA) is 41.6 Å². The minimum absolute atomic E-state index is 0.104. The van der Waals surface area contributed by atoms with Crippen LogP contribution in [0.4, 0.5) is 0 Å². The molecule has 0 aliphatic carbocycles. The van der Waals surface area contributed by atoms with Gasteiger partial charge in [0.2, 0.25) is 5.91 Å². The van der Waals surface area contributed by atoms with Gasteiger partial charge >= 0.3 is 0 Å². The first-order valence-corrected chi connectivity index (χ1v) is 6.86. The van der Waals surface area contributed by atoms with Gasteiger partial charge in [0.1, 0.15) is 12.4 Å². The van der Waals surface area contributed by atoms with Crippen molar-refractivity contribution in [3.05, 3.63) is 30.3 Å². The lowest BCUT2D eigenvalue weighted by Crippen LogP contribution is -2.38. The molecule has 0 saturated heterocycles. The lowest BCUT2D eigenvalue weighted by atomic mass is 10.3. The molecule has 1 rings (SSSR count). The molecule has 106 valence electrons. The zero-order valence-corrected chi connectivity index (χ0v) is 11.9. The second kappa shape index (κ2) is 9.39. The normalized spacial score (nSPS) is 10.2. The molecule has 0 atom stereocenters. The Morgan fingerprint density at radius 3 is 2.74 bits per heavy atom. The van der Waals surface area contributed by atoms with Crippen LogP contribution in [0.2, 0.25) is 0 Å². The van der Waals surface area contributed by atoms with Gasteiger partial charge in [0.15, 0.2) is 0 Å². The largest absolute Gasteiger partial charge is 0.492 e. The SMILES string of the molecule is CCCCNCC(=O)N(C)CCOc1ccccc1. The van der Waals surface area contributed by atoms with Crippen LogP contribution in [0.1, 0.15) is 19.8 Å². The van der Waals surface area contributed by atoms with Gasteiger partial charge in [-0.3, -0.25) is 4.79 Å².